The van der Waals surface area contributed by atoms with Crippen LogP contribution < -0.4 is 0 Å². The first-order valence-corrected chi connectivity index (χ1v) is 7.81. The molecule has 1 heterocycles. The molecule has 0 aliphatic heterocycles. The first-order chi connectivity index (χ1) is 11.1. The Morgan fingerprint density at radius 2 is 1.57 bits per heavy atom. The number of aromatic nitrogens is 3. The number of fused-ring (bicyclic) bond motifs is 2. The minimum atomic E-state index is -0.253. The van der Waals surface area contributed by atoms with Crippen molar-refractivity contribution in [1.29, 1.82) is 0 Å². The number of rotatable bonds is 2. The summed E-state index contributed by atoms with van der Waals surface area (Å²) >= 11 is 3.39. The van der Waals surface area contributed by atoms with Gasteiger partial charge in [0.15, 0.2) is 5.69 Å². The van der Waals surface area contributed by atoms with Gasteiger partial charge in [-0.25, -0.2) is 4.68 Å². The Labute approximate surface area is 140 Å². The highest BCUT2D eigenvalue weighted by Gasteiger charge is 2.34. The minimum Gasteiger partial charge on any atom is -0.287 e. The minimum absolute atomic E-state index is 0.130. The predicted molar refractivity (Wildman–Crippen MR) is 86.6 cm³/mol. The lowest BCUT2D eigenvalue weighted by Gasteiger charge is -2.14. The molecule has 6 heteroatoms. The van der Waals surface area contributed by atoms with Gasteiger partial charge in [0.2, 0.25) is 11.6 Å². The van der Waals surface area contributed by atoms with Crippen LogP contribution in [0, 0.1) is 0 Å². The summed E-state index contributed by atoms with van der Waals surface area (Å²) in [6.45, 7) is 0.386. The zero-order chi connectivity index (χ0) is 16.0. The van der Waals surface area contributed by atoms with E-state index in [1.54, 1.807) is 24.3 Å². The zero-order valence-electron chi connectivity index (χ0n) is 11.9. The topological polar surface area (TPSA) is 64.8 Å². The molecule has 0 radical (unpaired) electrons. The van der Waals surface area contributed by atoms with Crippen LogP contribution >= 0.6 is 15.9 Å². The lowest BCUT2D eigenvalue weighted by Crippen LogP contribution is -2.23. The molecule has 4 rings (SSSR count). The molecular weight excluding hydrogens is 358 g/mol. The van der Waals surface area contributed by atoms with Crippen LogP contribution in [0.3, 0.4) is 0 Å². The van der Waals surface area contributed by atoms with Crippen molar-refractivity contribution >= 4 is 27.5 Å². The van der Waals surface area contributed by atoms with E-state index < -0.39 is 0 Å². The standard InChI is InChI=1S/C17H10BrN3O2/c18-11-7-5-10(6-8-11)9-21-15-14(19-20-21)16(22)12-3-1-2-4-13(12)17(15)23/h1-8H,9H2. The number of hydrogen-bond donors (Lipinski definition) is 0. The fraction of sp³-hybridized carbons (Fsp3) is 0.0588. The van der Waals surface area contributed by atoms with E-state index in [1.807, 2.05) is 24.3 Å². The van der Waals surface area contributed by atoms with Gasteiger partial charge >= 0.3 is 0 Å². The Hall–Kier alpha value is -2.60. The molecule has 23 heavy (non-hydrogen) atoms. The summed E-state index contributed by atoms with van der Waals surface area (Å²) in [6, 6.07) is 14.5. The van der Waals surface area contributed by atoms with Crippen molar-refractivity contribution in [2.45, 2.75) is 6.54 Å². The fourth-order valence-electron chi connectivity index (χ4n) is 2.70. The lowest BCUT2D eigenvalue weighted by molar-refractivity contribution is 0.0971. The fourth-order valence-corrected chi connectivity index (χ4v) is 2.96. The molecule has 0 saturated carbocycles. The summed E-state index contributed by atoms with van der Waals surface area (Å²) in [4.78, 5) is 25.2. The van der Waals surface area contributed by atoms with Gasteiger partial charge in [0.1, 0.15) is 5.69 Å². The molecule has 0 bridgehead atoms. The number of nitrogens with zero attached hydrogens (tertiary/aromatic N) is 3. The Morgan fingerprint density at radius 3 is 2.26 bits per heavy atom. The molecule has 0 amide bonds. The highest BCUT2D eigenvalue weighted by Crippen LogP contribution is 2.26. The van der Waals surface area contributed by atoms with Crippen molar-refractivity contribution in [3.63, 3.8) is 0 Å². The van der Waals surface area contributed by atoms with Gasteiger partial charge in [-0.2, -0.15) is 0 Å². The highest BCUT2D eigenvalue weighted by atomic mass is 79.9. The SMILES string of the molecule is O=C1c2ccccc2C(=O)c2c1nnn2Cc1ccc(Br)cc1. The monoisotopic (exact) mass is 367 g/mol. The molecule has 2 aromatic carbocycles. The molecule has 0 atom stereocenters. The van der Waals surface area contributed by atoms with Crippen LogP contribution in [-0.4, -0.2) is 26.6 Å². The Morgan fingerprint density at radius 1 is 0.913 bits per heavy atom. The van der Waals surface area contributed by atoms with Crippen LogP contribution in [0.15, 0.2) is 53.0 Å². The summed E-state index contributed by atoms with van der Waals surface area (Å²) in [5, 5.41) is 7.95. The van der Waals surface area contributed by atoms with Crippen molar-refractivity contribution in [1.82, 2.24) is 15.0 Å². The van der Waals surface area contributed by atoms with Crippen LogP contribution in [0.2, 0.25) is 0 Å². The third-order valence-corrected chi connectivity index (χ3v) is 4.36. The van der Waals surface area contributed by atoms with Crippen LogP contribution in [0.25, 0.3) is 0 Å². The Balaban J connectivity index is 1.79. The number of hydrogen-bond acceptors (Lipinski definition) is 4. The summed E-state index contributed by atoms with van der Waals surface area (Å²) < 4.78 is 2.47. The number of ketones is 2. The second kappa shape index (κ2) is 5.24. The molecule has 1 aromatic heterocycles. The van der Waals surface area contributed by atoms with Crippen LogP contribution in [-0.2, 0) is 6.54 Å². The van der Waals surface area contributed by atoms with E-state index in [0.717, 1.165) is 10.0 Å². The molecule has 0 unspecified atom stereocenters. The highest BCUT2D eigenvalue weighted by molar-refractivity contribution is 9.10. The summed E-state index contributed by atoms with van der Waals surface area (Å²) in [5.74, 6) is -0.463. The largest absolute Gasteiger partial charge is 0.287 e. The van der Waals surface area contributed by atoms with Gasteiger partial charge in [0.05, 0.1) is 6.54 Å². The van der Waals surface area contributed by atoms with E-state index in [-0.39, 0.29) is 23.0 Å². The second-order valence-electron chi connectivity index (χ2n) is 5.27. The van der Waals surface area contributed by atoms with Gasteiger partial charge in [-0.1, -0.05) is 57.5 Å². The molecule has 112 valence electrons. The first kappa shape index (κ1) is 14.0. The average molecular weight is 368 g/mol. The van der Waals surface area contributed by atoms with Crippen LogP contribution in [0.4, 0.5) is 0 Å². The molecule has 0 N–H and O–H groups in total. The van der Waals surface area contributed by atoms with E-state index in [2.05, 4.69) is 26.2 Å². The second-order valence-corrected chi connectivity index (χ2v) is 6.19. The molecule has 0 saturated heterocycles. The zero-order valence-corrected chi connectivity index (χ0v) is 13.4. The van der Waals surface area contributed by atoms with E-state index in [4.69, 9.17) is 0 Å². The molecular formula is C17H10BrN3O2. The van der Waals surface area contributed by atoms with Crippen molar-refractivity contribution in [3.05, 3.63) is 81.1 Å². The molecule has 3 aromatic rings. The molecule has 1 aliphatic rings. The number of carbonyl (C=O) groups excluding carboxylic acids is 2. The van der Waals surface area contributed by atoms with Gasteiger partial charge in [0, 0.05) is 15.6 Å². The van der Waals surface area contributed by atoms with Gasteiger partial charge in [-0.05, 0) is 17.7 Å². The molecule has 0 spiro atoms. The van der Waals surface area contributed by atoms with E-state index in [0.29, 0.717) is 17.7 Å². The van der Waals surface area contributed by atoms with Crippen molar-refractivity contribution in [3.8, 4) is 0 Å². The van der Waals surface area contributed by atoms with Gasteiger partial charge in [0.25, 0.3) is 0 Å². The van der Waals surface area contributed by atoms with Crippen molar-refractivity contribution < 1.29 is 9.59 Å². The Kier molecular flexibility index (Phi) is 3.20. The molecule has 1 aliphatic carbocycles. The summed E-state index contributed by atoms with van der Waals surface area (Å²) in [6.07, 6.45) is 0. The van der Waals surface area contributed by atoms with E-state index in [9.17, 15) is 9.59 Å². The smallest absolute Gasteiger partial charge is 0.216 e. The first-order valence-electron chi connectivity index (χ1n) is 7.01. The van der Waals surface area contributed by atoms with E-state index >= 15 is 0 Å². The lowest BCUT2D eigenvalue weighted by atomic mass is 9.90. The van der Waals surface area contributed by atoms with E-state index in [1.165, 1.54) is 4.68 Å². The number of benzene rings is 2. The molecule has 0 fully saturated rings. The number of halogens is 1. The molecule has 5 nitrogen and oxygen atoms in total. The predicted octanol–water partition coefficient (Wildman–Crippen LogP) is 2.86. The van der Waals surface area contributed by atoms with Crippen LogP contribution in [0.5, 0.6) is 0 Å². The summed E-state index contributed by atoms with van der Waals surface area (Å²) in [7, 11) is 0. The van der Waals surface area contributed by atoms with Crippen molar-refractivity contribution in [2.75, 3.05) is 0 Å². The van der Waals surface area contributed by atoms with Crippen molar-refractivity contribution in [2.24, 2.45) is 0 Å². The normalized spacial score (nSPS) is 12.9. The number of carbonyl (C=O) groups is 2. The quantitative estimate of drug-likeness (QED) is 0.546. The van der Waals surface area contributed by atoms with Crippen LogP contribution in [0.1, 0.15) is 37.7 Å². The van der Waals surface area contributed by atoms with Gasteiger partial charge in [-0.15, -0.1) is 5.10 Å². The van der Waals surface area contributed by atoms with Gasteiger partial charge < -0.3 is 0 Å². The maximum absolute atomic E-state index is 12.7. The maximum Gasteiger partial charge on any atom is 0.216 e. The maximum atomic E-state index is 12.7. The third kappa shape index (κ3) is 2.22. The third-order valence-electron chi connectivity index (χ3n) is 3.83. The Bertz CT molecular complexity index is 945. The average Bonchev–Trinajstić information content (AvgIpc) is 2.99. The van der Waals surface area contributed by atoms with Gasteiger partial charge in [-0.3, -0.25) is 9.59 Å². The summed E-state index contributed by atoms with van der Waals surface area (Å²) in [5.41, 5.74) is 2.16.